The van der Waals surface area contributed by atoms with Crippen LogP contribution < -0.4 is 0 Å². The lowest BCUT2D eigenvalue weighted by atomic mass is 9.88. The molecule has 26 heavy (non-hydrogen) atoms. The summed E-state index contributed by atoms with van der Waals surface area (Å²) in [5.74, 6) is 0.211. The van der Waals surface area contributed by atoms with E-state index < -0.39 is 4.92 Å². The van der Waals surface area contributed by atoms with Gasteiger partial charge in [-0.15, -0.1) is 0 Å². The summed E-state index contributed by atoms with van der Waals surface area (Å²) >= 11 is 0. The van der Waals surface area contributed by atoms with Crippen molar-refractivity contribution in [2.75, 3.05) is 13.1 Å². The van der Waals surface area contributed by atoms with Gasteiger partial charge in [0.2, 0.25) is 0 Å². The van der Waals surface area contributed by atoms with Crippen molar-refractivity contribution in [3.05, 3.63) is 74.8 Å². The number of piperidine rings is 1. The molecule has 0 spiro atoms. The Morgan fingerprint density at radius 2 is 1.85 bits per heavy atom. The molecule has 132 valence electrons. The normalized spacial score (nSPS) is 14.7. The van der Waals surface area contributed by atoms with Gasteiger partial charge in [-0.1, -0.05) is 18.2 Å². The van der Waals surface area contributed by atoms with E-state index in [9.17, 15) is 14.9 Å². The van der Waals surface area contributed by atoms with Gasteiger partial charge in [0.25, 0.3) is 11.6 Å². The minimum absolute atomic E-state index is 0.0635. The molecule has 0 bridgehead atoms. The number of nitro benzene ring substituents is 1. The van der Waals surface area contributed by atoms with E-state index in [1.54, 1.807) is 17.9 Å². The molecule has 6 nitrogen and oxygen atoms in total. The number of carbonyl (C=O) groups is 1. The highest BCUT2D eigenvalue weighted by atomic mass is 16.6. The Bertz CT molecular complexity index is 876. The third kappa shape index (κ3) is 3.57. The second kappa shape index (κ2) is 7.36. The summed E-state index contributed by atoms with van der Waals surface area (Å²) in [6.07, 6.45) is 1.68. The highest BCUT2D eigenvalue weighted by Crippen LogP contribution is 2.29. The fraction of sp³-hybridized carbons (Fsp3) is 0.300. The minimum Gasteiger partial charge on any atom is -0.339 e. The summed E-state index contributed by atoms with van der Waals surface area (Å²) in [5, 5.41) is 19.9. The summed E-state index contributed by atoms with van der Waals surface area (Å²) in [4.78, 5) is 25.1. The first-order valence-corrected chi connectivity index (χ1v) is 8.54. The van der Waals surface area contributed by atoms with Crippen LogP contribution in [0.5, 0.6) is 0 Å². The highest BCUT2D eigenvalue weighted by molar-refractivity contribution is 5.96. The van der Waals surface area contributed by atoms with E-state index in [-0.39, 0.29) is 11.6 Å². The predicted molar refractivity (Wildman–Crippen MR) is 96.9 cm³/mol. The molecular formula is C20H19N3O3. The Morgan fingerprint density at radius 1 is 1.19 bits per heavy atom. The highest BCUT2D eigenvalue weighted by Gasteiger charge is 2.26. The molecular weight excluding hydrogens is 330 g/mol. The maximum atomic E-state index is 12.8. The molecule has 1 saturated heterocycles. The van der Waals surface area contributed by atoms with Gasteiger partial charge in [-0.2, -0.15) is 5.26 Å². The summed E-state index contributed by atoms with van der Waals surface area (Å²) in [6, 6.07) is 14.1. The molecule has 1 fully saturated rings. The van der Waals surface area contributed by atoms with Crippen LogP contribution in [0.2, 0.25) is 0 Å². The first-order chi connectivity index (χ1) is 12.5. The quantitative estimate of drug-likeness (QED) is 0.623. The molecule has 2 aromatic carbocycles. The Hall–Kier alpha value is -3.20. The average Bonchev–Trinajstić information content (AvgIpc) is 2.68. The SMILES string of the molecule is Cc1ccc([N+](=O)[O-])cc1C(=O)N1CCC(c2ccc(C#N)cc2)CC1. The number of likely N-dealkylation sites (tertiary alicyclic amines) is 1. The largest absolute Gasteiger partial charge is 0.339 e. The average molecular weight is 349 g/mol. The zero-order valence-electron chi connectivity index (χ0n) is 14.5. The number of amides is 1. The van der Waals surface area contributed by atoms with Crippen LogP contribution in [-0.4, -0.2) is 28.8 Å². The van der Waals surface area contributed by atoms with Crippen molar-refractivity contribution in [2.45, 2.75) is 25.7 Å². The zero-order chi connectivity index (χ0) is 18.7. The van der Waals surface area contributed by atoms with Crippen molar-refractivity contribution in [2.24, 2.45) is 0 Å². The number of rotatable bonds is 3. The number of nitriles is 1. The molecule has 1 amide bonds. The number of hydrogen-bond donors (Lipinski definition) is 0. The maximum Gasteiger partial charge on any atom is 0.270 e. The predicted octanol–water partition coefficient (Wildman–Crippen LogP) is 3.79. The molecule has 0 unspecified atom stereocenters. The third-order valence-corrected chi connectivity index (χ3v) is 4.96. The molecule has 0 saturated carbocycles. The van der Waals surface area contributed by atoms with Crippen molar-refractivity contribution in [3.8, 4) is 6.07 Å². The van der Waals surface area contributed by atoms with Gasteiger partial charge >= 0.3 is 0 Å². The van der Waals surface area contributed by atoms with Gasteiger partial charge in [-0.05, 0) is 48.9 Å². The number of nitro groups is 1. The Morgan fingerprint density at radius 3 is 2.42 bits per heavy atom. The number of hydrogen-bond acceptors (Lipinski definition) is 4. The molecule has 2 aromatic rings. The van der Waals surface area contributed by atoms with Gasteiger partial charge in [0, 0.05) is 30.8 Å². The van der Waals surface area contributed by atoms with Gasteiger partial charge in [0.1, 0.15) is 0 Å². The third-order valence-electron chi connectivity index (χ3n) is 4.96. The molecule has 3 rings (SSSR count). The lowest BCUT2D eigenvalue weighted by Crippen LogP contribution is -2.38. The second-order valence-corrected chi connectivity index (χ2v) is 6.56. The van der Waals surface area contributed by atoms with Crippen molar-refractivity contribution < 1.29 is 9.72 Å². The summed E-state index contributed by atoms with van der Waals surface area (Å²) in [6.45, 7) is 3.03. The molecule has 1 aliphatic rings. The van der Waals surface area contributed by atoms with Gasteiger partial charge in [-0.3, -0.25) is 14.9 Å². The molecule has 1 aliphatic heterocycles. The van der Waals surface area contributed by atoms with E-state index in [2.05, 4.69) is 6.07 Å². The molecule has 0 atom stereocenters. The number of non-ortho nitro benzene ring substituents is 1. The smallest absolute Gasteiger partial charge is 0.270 e. The minimum atomic E-state index is -0.479. The number of aryl methyl sites for hydroxylation is 1. The second-order valence-electron chi connectivity index (χ2n) is 6.56. The van der Waals surface area contributed by atoms with E-state index in [0.29, 0.717) is 30.1 Å². The number of benzene rings is 2. The lowest BCUT2D eigenvalue weighted by Gasteiger charge is -2.32. The summed E-state index contributed by atoms with van der Waals surface area (Å²) in [5.41, 5.74) is 2.90. The van der Waals surface area contributed by atoms with Crippen LogP contribution >= 0.6 is 0 Å². The van der Waals surface area contributed by atoms with E-state index in [4.69, 9.17) is 5.26 Å². The maximum absolute atomic E-state index is 12.8. The lowest BCUT2D eigenvalue weighted by molar-refractivity contribution is -0.384. The van der Waals surface area contributed by atoms with E-state index in [1.807, 2.05) is 24.3 Å². The molecule has 0 aliphatic carbocycles. The standard InChI is InChI=1S/C20H19N3O3/c1-14-2-7-18(23(25)26)12-19(14)20(24)22-10-8-17(9-11-22)16-5-3-15(13-21)4-6-16/h2-7,12,17H,8-11H2,1H3. The first-order valence-electron chi connectivity index (χ1n) is 8.54. The molecule has 0 aromatic heterocycles. The van der Waals surface area contributed by atoms with Crippen LogP contribution in [-0.2, 0) is 0 Å². The van der Waals surface area contributed by atoms with Crippen LogP contribution in [0, 0.1) is 28.4 Å². The van der Waals surface area contributed by atoms with Crippen molar-refractivity contribution >= 4 is 11.6 Å². The van der Waals surface area contributed by atoms with E-state index in [0.717, 1.165) is 18.4 Å². The van der Waals surface area contributed by atoms with Gasteiger partial charge in [0.15, 0.2) is 0 Å². The first kappa shape index (κ1) is 17.6. The van der Waals surface area contributed by atoms with Gasteiger partial charge in [-0.25, -0.2) is 0 Å². The van der Waals surface area contributed by atoms with Crippen molar-refractivity contribution in [1.82, 2.24) is 4.90 Å². The van der Waals surface area contributed by atoms with Crippen LogP contribution in [0.1, 0.15) is 45.8 Å². The fourth-order valence-electron chi connectivity index (χ4n) is 3.37. The van der Waals surface area contributed by atoms with Crippen LogP contribution in [0.15, 0.2) is 42.5 Å². The fourth-order valence-corrected chi connectivity index (χ4v) is 3.37. The topological polar surface area (TPSA) is 87.2 Å². The monoisotopic (exact) mass is 349 g/mol. The number of carbonyl (C=O) groups excluding carboxylic acids is 1. The van der Waals surface area contributed by atoms with Crippen LogP contribution in [0.3, 0.4) is 0 Å². The van der Waals surface area contributed by atoms with Gasteiger partial charge in [0.05, 0.1) is 16.6 Å². The molecule has 1 heterocycles. The Kier molecular flexibility index (Phi) is 4.99. The van der Waals surface area contributed by atoms with E-state index >= 15 is 0 Å². The molecule has 0 N–H and O–H groups in total. The molecule has 6 heteroatoms. The Labute approximate surface area is 151 Å². The van der Waals surface area contributed by atoms with E-state index in [1.165, 1.54) is 17.7 Å². The van der Waals surface area contributed by atoms with Crippen LogP contribution in [0.4, 0.5) is 5.69 Å². The number of nitrogens with zero attached hydrogens (tertiary/aromatic N) is 3. The Balaban J connectivity index is 1.69. The van der Waals surface area contributed by atoms with Crippen molar-refractivity contribution in [1.29, 1.82) is 5.26 Å². The molecule has 0 radical (unpaired) electrons. The summed E-state index contributed by atoms with van der Waals surface area (Å²) in [7, 11) is 0. The zero-order valence-corrected chi connectivity index (χ0v) is 14.5. The van der Waals surface area contributed by atoms with Crippen molar-refractivity contribution in [3.63, 3.8) is 0 Å². The van der Waals surface area contributed by atoms with Gasteiger partial charge < -0.3 is 4.90 Å². The van der Waals surface area contributed by atoms with Crippen LogP contribution in [0.25, 0.3) is 0 Å². The summed E-state index contributed by atoms with van der Waals surface area (Å²) < 4.78 is 0.